The molecule has 0 fully saturated rings. The molecular formula is C19H24N2O4. The van der Waals surface area contributed by atoms with E-state index >= 15 is 0 Å². The minimum atomic E-state index is -0.550. The Labute approximate surface area is 148 Å². The second kappa shape index (κ2) is 7.88. The fraction of sp³-hybridized carbons (Fsp3) is 0.368. The topological polar surface area (TPSA) is 63.0 Å². The van der Waals surface area contributed by atoms with E-state index in [9.17, 15) is 9.59 Å². The van der Waals surface area contributed by atoms with Crippen LogP contribution in [-0.2, 0) is 16.1 Å². The molecule has 1 aromatic heterocycles. The van der Waals surface area contributed by atoms with Gasteiger partial charge in [0.25, 0.3) is 5.91 Å². The average molecular weight is 344 g/mol. The SMILES string of the molecule is Cc1cc(C(=O)OCC(=O)N(C)Cc2ccc(N(C)C)cc2)c(C)o1. The molecule has 0 unspecified atom stereocenters. The van der Waals surface area contributed by atoms with E-state index in [1.165, 1.54) is 4.90 Å². The number of esters is 1. The molecule has 6 heteroatoms. The maximum atomic E-state index is 12.2. The normalized spacial score (nSPS) is 10.4. The molecule has 1 heterocycles. The fourth-order valence-electron chi connectivity index (χ4n) is 2.41. The number of amides is 1. The Morgan fingerprint density at radius 1 is 1.08 bits per heavy atom. The number of likely N-dealkylation sites (N-methyl/N-ethyl adjacent to an activating group) is 1. The zero-order valence-corrected chi connectivity index (χ0v) is 15.3. The van der Waals surface area contributed by atoms with Gasteiger partial charge in [-0.05, 0) is 37.6 Å². The zero-order valence-electron chi connectivity index (χ0n) is 15.3. The van der Waals surface area contributed by atoms with E-state index in [1.54, 1.807) is 27.0 Å². The average Bonchev–Trinajstić information content (AvgIpc) is 2.91. The van der Waals surface area contributed by atoms with Crippen molar-refractivity contribution in [1.29, 1.82) is 0 Å². The second-order valence-electron chi connectivity index (χ2n) is 6.21. The van der Waals surface area contributed by atoms with Gasteiger partial charge in [-0.3, -0.25) is 4.79 Å². The minimum absolute atomic E-state index is 0.261. The van der Waals surface area contributed by atoms with Crippen molar-refractivity contribution in [1.82, 2.24) is 4.90 Å². The predicted molar refractivity (Wildman–Crippen MR) is 95.7 cm³/mol. The molecule has 134 valence electrons. The highest BCUT2D eigenvalue weighted by molar-refractivity contribution is 5.92. The van der Waals surface area contributed by atoms with Gasteiger partial charge in [-0.25, -0.2) is 4.79 Å². The maximum absolute atomic E-state index is 12.2. The lowest BCUT2D eigenvalue weighted by Gasteiger charge is -2.18. The number of carbonyl (C=O) groups is 2. The standard InChI is InChI=1S/C19H24N2O4/c1-13-10-17(14(2)25-13)19(23)24-12-18(22)21(5)11-15-6-8-16(9-7-15)20(3)4/h6-10H,11-12H2,1-5H3. The third-order valence-corrected chi connectivity index (χ3v) is 3.89. The van der Waals surface area contributed by atoms with Gasteiger partial charge in [-0.2, -0.15) is 0 Å². The highest BCUT2D eigenvalue weighted by atomic mass is 16.5. The van der Waals surface area contributed by atoms with Crippen molar-refractivity contribution in [3.63, 3.8) is 0 Å². The van der Waals surface area contributed by atoms with Crippen molar-refractivity contribution >= 4 is 17.6 Å². The Hall–Kier alpha value is -2.76. The van der Waals surface area contributed by atoms with E-state index in [0.29, 0.717) is 23.6 Å². The van der Waals surface area contributed by atoms with E-state index < -0.39 is 5.97 Å². The van der Waals surface area contributed by atoms with Gasteiger partial charge in [0.2, 0.25) is 0 Å². The summed E-state index contributed by atoms with van der Waals surface area (Å²) in [6, 6.07) is 9.55. The number of hydrogen-bond acceptors (Lipinski definition) is 5. The number of hydrogen-bond donors (Lipinski definition) is 0. The lowest BCUT2D eigenvalue weighted by molar-refractivity contribution is -0.133. The van der Waals surface area contributed by atoms with Gasteiger partial charge in [0, 0.05) is 33.4 Å². The van der Waals surface area contributed by atoms with E-state index in [0.717, 1.165) is 11.3 Å². The molecule has 0 spiro atoms. The number of ether oxygens (including phenoxy) is 1. The monoisotopic (exact) mass is 344 g/mol. The van der Waals surface area contributed by atoms with Crippen LogP contribution in [0.4, 0.5) is 5.69 Å². The van der Waals surface area contributed by atoms with Crippen molar-refractivity contribution in [2.24, 2.45) is 0 Å². The smallest absolute Gasteiger partial charge is 0.342 e. The van der Waals surface area contributed by atoms with Crippen molar-refractivity contribution in [2.75, 3.05) is 32.6 Å². The molecule has 25 heavy (non-hydrogen) atoms. The predicted octanol–water partition coefficient (Wildman–Crippen LogP) is 2.78. The first-order valence-electron chi connectivity index (χ1n) is 8.02. The number of furan rings is 1. The van der Waals surface area contributed by atoms with Crippen LogP contribution in [0.1, 0.15) is 27.4 Å². The van der Waals surface area contributed by atoms with Crippen molar-refractivity contribution < 1.29 is 18.7 Å². The van der Waals surface area contributed by atoms with E-state index in [2.05, 4.69) is 0 Å². The molecule has 1 aromatic carbocycles. The molecular weight excluding hydrogens is 320 g/mol. The first-order valence-corrected chi connectivity index (χ1v) is 8.02. The number of anilines is 1. The Kier molecular flexibility index (Phi) is 5.85. The second-order valence-corrected chi connectivity index (χ2v) is 6.21. The third kappa shape index (κ3) is 4.86. The highest BCUT2D eigenvalue weighted by Gasteiger charge is 2.18. The summed E-state index contributed by atoms with van der Waals surface area (Å²) < 4.78 is 10.4. The van der Waals surface area contributed by atoms with E-state index in [1.807, 2.05) is 43.3 Å². The van der Waals surface area contributed by atoms with Crippen LogP contribution in [0.5, 0.6) is 0 Å². The molecule has 6 nitrogen and oxygen atoms in total. The Balaban J connectivity index is 1.87. The first-order chi connectivity index (χ1) is 11.8. The van der Waals surface area contributed by atoms with Gasteiger partial charge in [0.15, 0.2) is 6.61 Å². The van der Waals surface area contributed by atoms with Gasteiger partial charge < -0.3 is 19.0 Å². The number of carbonyl (C=O) groups excluding carboxylic acids is 2. The van der Waals surface area contributed by atoms with Crippen LogP contribution >= 0.6 is 0 Å². The van der Waals surface area contributed by atoms with Crippen molar-refractivity contribution in [3.8, 4) is 0 Å². The Bertz CT molecular complexity index is 747. The maximum Gasteiger partial charge on any atom is 0.342 e. The molecule has 0 N–H and O–H groups in total. The first kappa shape index (κ1) is 18.6. The van der Waals surface area contributed by atoms with Crippen LogP contribution < -0.4 is 4.90 Å². The summed E-state index contributed by atoms with van der Waals surface area (Å²) in [5.74, 6) is 0.313. The summed E-state index contributed by atoms with van der Waals surface area (Å²) in [4.78, 5) is 27.7. The van der Waals surface area contributed by atoms with Crippen molar-refractivity contribution in [2.45, 2.75) is 20.4 Å². The number of nitrogens with zero attached hydrogens (tertiary/aromatic N) is 2. The van der Waals surface area contributed by atoms with Crippen LogP contribution in [-0.4, -0.2) is 44.5 Å². The van der Waals surface area contributed by atoms with E-state index in [-0.39, 0.29) is 12.5 Å². The molecule has 0 saturated heterocycles. The van der Waals surface area contributed by atoms with Crippen molar-refractivity contribution in [3.05, 3.63) is 53.0 Å². The molecule has 0 bridgehead atoms. The van der Waals surface area contributed by atoms with Crippen LogP contribution in [0.15, 0.2) is 34.7 Å². The van der Waals surface area contributed by atoms with Crippen LogP contribution in [0.2, 0.25) is 0 Å². The molecule has 0 aliphatic carbocycles. The molecule has 0 atom stereocenters. The largest absolute Gasteiger partial charge is 0.466 e. The molecule has 0 saturated carbocycles. The summed E-state index contributed by atoms with van der Waals surface area (Å²) in [5.41, 5.74) is 2.46. The van der Waals surface area contributed by atoms with Gasteiger partial charge in [-0.1, -0.05) is 12.1 Å². The minimum Gasteiger partial charge on any atom is -0.466 e. The number of benzene rings is 1. The molecule has 0 radical (unpaired) electrons. The van der Waals surface area contributed by atoms with Crippen LogP contribution in [0.3, 0.4) is 0 Å². The number of rotatable bonds is 6. The molecule has 2 aromatic rings. The van der Waals surface area contributed by atoms with Gasteiger partial charge >= 0.3 is 5.97 Å². The summed E-state index contributed by atoms with van der Waals surface area (Å²) in [7, 11) is 5.63. The van der Waals surface area contributed by atoms with E-state index in [4.69, 9.17) is 9.15 Å². The molecule has 0 aliphatic heterocycles. The quantitative estimate of drug-likeness (QED) is 0.754. The lowest BCUT2D eigenvalue weighted by Crippen LogP contribution is -2.30. The van der Waals surface area contributed by atoms with Crippen LogP contribution in [0.25, 0.3) is 0 Å². The summed E-state index contributed by atoms with van der Waals surface area (Å²) in [5, 5.41) is 0. The summed E-state index contributed by atoms with van der Waals surface area (Å²) >= 11 is 0. The van der Waals surface area contributed by atoms with Gasteiger partial charge in [-0.15, -0.1) is 0 Å². The Morgan fingerprint density at radius 3 is 2.24 bits per heavy atom. The van der Waals surface area contributed by atoms with Gasteiger partial charge in [0.05, 0.1) is 0 Å². The Morgan fingerprint density at radius 2 is 1.72 bits per heavy atom. The highest BCUT2D eigenvalue weighted by Crippen LogP contribution is 2.15. The van der Waals surface area contributed by atoms with Crippen LogP contribution in [0, 0.1) is 13.8 Å². The fourth-order valence-corrected chi connectivity index (χ4v) is 2.41. The molecule has 1 amide bonds. The molecule has 2 rings (SSSR count). The third-order valence-electron chi connectivity index (χ3n) is 3.89. The lowest BCUT2D eigenvalue weighted by atomic mass is 10.2. The zero-order chi connectivity index (χ0) is 18.6. The summed E-state index contributed by atoms with van der Waals surface area (Å²) in [6.07, 6.45) is 0. The summed E-state index contributed by atoms with van der Waals surface area (Å²) in [6.45, 7) is 3.60. The number of aryl methyl sites for hydroxylation is 2. The molecule has 0 aliphatic rings. The van der Waals surface area contributed by atoms with Gasteiger partial charge in [0.1, 0.15) is 17.1 Å².